The second-order valence-corrected chi connectivity index (χ2v) is 7.82. The first-order valence-electron chi connectivity index (χ1n) is 9.08. The lowest BCUT2D eigenvalue weighted by molar-refractivity contribution is 0.516. The highest BCUT2D eigenvalue weighted by atomic mass is 15.5. The van der Waals surface area contributed by atoms with Crippen molar-refractivity contribution in [2.24, 2.45) is 0 Å². The highest BCUT2D eigenvalue weighted by Crippen LogP contribution is 2.46. The molecule has 3 rings (SSSR count). The van der Waals surface area contributed by atoms with E-state index < -0.39 is 0 Å². The van der Waals surface area contributed by atoms with Crippen LogP contribution in [-0.4, -0.2) is 5.66 Å². The van der Waals surface area contributed by atoms with Crippen molar-refractivity contribution in [3.63, 3.8) is 0 Å². The van der Waals surface area contributed by atoms with Crippen LogP contribution in [0.5, 0.6) is 0 Å². The fraction of sp³-hybridized carbons (Fsp3) is 0.391. The standard InChI is InChI=1S/C23H30N2/c1-15-11-9-12-16(2)21(15)24-19(5)20(6)25(23(24,7)8)22-17(3)13-10-14-18(22)4/h9-14H,1-8H3. The van der Waals surface area contributed by atoms with Crippen LogP contribution in [0.25, 0.3) is 0 Å². The molecule has 1 aliphatic rings. The first-order chi connectivity index (χ1) is 11.7. The van der Waals surface area contributed by atoms with Crippen molar-refractivity contribution in [1.82, 2.24) is 0 Å². The summed E-state index contributed by atoms with van der Waals surface area (Å²) in [6, 6.07) is 13.1. The topological polar surface area (TPSA) is 6.48 Å². The molecule has 0 fully saturated rings. The maximum atomic E-state index is 2.51. The summed E-state index contributed by atoms with van der Waals surface area (Å²) in [4.78, 5) is 5.03. The van der Waals surface area contributed by atoms with Gasteiger partial charge >= 0.3 is 0 Å². The number of hydrogen-bond acceptors (Lipinski definition) is 2. The Labute approximate surface area is 152 Å². The van der Waals surface area contributed by atoms with E-state index in [-0.39, 0.29) is 5.66 Å². The van der Waals surface area contributed by atoms with Crippen LogP contribution in [0.2, 0.25) is 0 Å². The smallest absolute Gasteiger partial charge is 0.116 e. The number of para-hydroxylation sites is 2. The number of hydrogen-bond donors (Lipinski definition) is 0. The Kier molecular flexibility index (Phi) is 4.18. The molecule has 0 aromatic heterocycles. The van der Waals surface area contributed by atoms with Crippen LogP contribution in [0.3, 0.4) is 0 Å². The van der Waals surface area contributed by atoms with Crippen LogP contribution in [-0.2, 0) is 0 Å². The van der Waals surface area contributed by atoms with Gasteiger partial charge in [0.25, 0.3) is 0 Å². The second kappa shape index (κ2) is 5.94. The molecule has 0 spiro atoms. The van der Waals surface area contributed by atoms with Gasteiger partial charge in [-0.2, -0.15) is 0 Å². The van der Waals surface area contributed by atoms with Crippen molar-refractivity contribution >= 4 is 11.4 Å². The largest absolute Gasteiger partial charge is 0.320 e. The zero-order chi connectivity index (χ0) is 18.5. The van der Waals surface area contributed by atoms with Crippen LogP contribution in [0.1, 0.15) is 49.9 Å². The normalized spacial score (nSPS) is 16.8. The molecule has 0 radical (unpaired) electrons. The van der Waals surface area contributed by atoms with Gasteiger partial charge in [-0.1, -0.05) is 36.4 Å². The summed E-state index contributed by atoms with van der Waals surface area (Å²) >= 11 is 0. The molecule has 0 atom stereocenters. The SMILES string of the molecule is CC1=C(C)N(c2c(C)cccc2C)C(C)(C)N1c1c(C)cccc1C. The maximum absolute atomic E-state index is 2.51. The van der Waals surface area contributed by atoms with Gasteiger partial charge in [-0.3, -0.25) is 0 Å². The van der Waals surface area contributed by atoms with E-state index in [1.165, 1.54) is 45.0 Å². The number of aryl methyl sites for hydroxylation is 4. The minimum atomic E-state index is -0.165. The van der Waals surface area contributed by atoms with E-state index >= 15 is 0 Å². The van der Waals surface area contributed by atoms with Crippen molar-refractivity contribution in [2.75, 3.05) is 9.80 Å². The van der Waals surface area contributed by atoms with Gasteiger partial charge in [0, 0.05) is 22.8 Å². The van der Waals surface area contributed by atoms with Gasteiger partial charge in [0.15, 0.2) is 0 Å². The van der Waals surface area contributed by atoms with Crippen molar-refractivity contribution in [1.29, 1.82) is 0 Å². The summed E-state index contributed by atoms with van der Waals surface area (Å²) < 4.78 is 0. The quantitative estimate of drug-likeness (QED) is 0.642. The van der Waals surface area contributed by atoms with Crippen molar-refractivity contribution in [3.05, 3.63) is 70.0 Å². The molecule has 2 aromatic rings. The first-order valence-corrected chi connectivity index (χ1v) is 9.08. The third-order valence-electron chi connectivity index (χ3n) is 5.62. The van der Waals surface area contributed by atoms with Crippen molar-refractivity contribution < 1.29 is 0 Å². The highest BCUT2D eigenvalue weighted by molar-refractivity contribution is 5.75. The molecule has 0 bridgehead atoms. The highest BCUT2D eigenvalue weighted by Gasteiger charge is 2.44. The lowest BCUT2D eigenvalue weighted by atomic mass is 10.0. The molecule has 2 nitrogen and oxygen atoms in total. The van der Waals surface area contributed by atoms with Gasteiger partial charge in [0.05, 0.1) is 0 Å². The van der Waals surface area contributed by atoms with Crippen LogP contribution < -0.4 is 9.80 Å². The molecular weight excluding hydrogens is 304 g/mol. The molecular formula is C23H30N2. The molecule has 132 valence electrons. The molecule has 0 N–H and O–H groups in total. The predicted octanol–water partition coefficient (Wildman–Crippen LogP) is 6.23. The van der Waals surface area contributed by atoms with Crippen LogP contribution in [0.4, 0.5) is 11.4 Å². The van der Waals surface area contributed by atoms with Gasteiger partial charge in [0.2, 0.25) is 0 Å². The minimum Gasteiger partial charge on any atom is -0.320 e. The van der Waals surface area contributed by atoms with Gasteiger partial charge in [-0.05, 0) is 77.6 Å². The van der Waals surface area contributed by atoms with Gasteiger partial charge in [0.1, 0.15) is 5.66 Å². The second-order valence-electron chi connectivity index (χ2n) is 7.82. The molecule has 1 aliphatic heterocycles. The molecule has 0 aliphatic carbocycles. The third kappa shape index (κ3) is 2.55. The number of nitrogens with zero attached hydrogens (tertiary/aromatic N) is 2. The molecule has 0 amide bonds. The predicted molar refractivity (Wildman–Crippen MR) is 109 cm³/mol. The molecule has 0 saturated carbocycles. The van der Waals surface area contributed by atoms with E-state index in [1.807, 2.05) is 0 Å². The summed E-state index contributed by atoms with van der Waals surface area (Å²) in [5, 5.41) is 0. The monoisotopic (exact) mass is 334 g/mol. The molecule has 2 heteroatoms. The Hall–Kier alpha value is -2.22. The van der Waals surface area contributed by atoms with Gasteiger partial charge in [-0.25, -0.2) is 0 Å². The van der Waals surface area contributed by atoms with Gasteiger partial charge in [-0.15, -0.1) is 0 Å². The Balaban J connectivity index is 2.24. The minimum absolute atomic E-state index is 0.165. The Morgan fingerprint density at radius 1 is 0.560 bits per heavy atom. The lowest BCUT2D eigenvalue weighted by Crippen LogP contribution is -2.51. The van der Waals surface area contributed by atoms with Crippen molar-refractivity contribution in [3.8, 4) is 0 Å². The number of benzene rings is 2. The van der Waals surface area contributed by atoms with Crippen LogP contribution in [0.15, 0.2) is 47.8 Å². The Morgan fingerprint density at radius 3 is 1.12 bits per heavy atom. The summed E-state index contributed by atoms with van der Waals surface area (Å²) in [7, 11) is 0. The van der Waals surface area contributed by atoms with Crippen molar-refractivity contribution in [2.45, 2.75) is 61.1 Å². The summed E-state index contributed by atoms with van der Waals surface area (Å²) in [6.45, 7) is 18.0. The van der Waals surface area contributed by atoms with E-state index in [0.717, 1.165) is 0 Å². The average molecular weight is 335 g/mol. The molecule has 25 heavy (non-hydrogen) atoms. The number of rotatable bonds is 2. The number of allylic oxidation sites excluding steroid dienone is 2. The van der Waals surface area contributed by atoms with Crippen LogP contribution >= 0.6 is 0 Å². The zero-order valence-electron chi connectivity index (χ0n) is 16.9. The fourth-order valence-corrected chi connectivity index (χ4v) is 4.44. The van der Waals surface area contributed by atoms with Gasteiger partial charge < -0.3 is 9.80 Å². The van der Waals surface area contributed by atoms with E-state index in [9.17, 15) is 0 Å². The Bertz CT molecular complexity index is 748. The average Bonchev–Trinajstić information content (AvgIpc) is 2.68. The Morgan fingerprint density at radius 2 is 0.840 bits per heavy atom. The lowest BCUT2D eigenvalue weighted by Gasteiger charge is -2.44. The number of anilines is 2. The van der Waals surface area contributed by atoms with E-state index in [0.29, 0.717) is 0 Å². The third-order valence-corrected chi connectivity index (χ3v) is 5.62. The van der Waals surface area contributed by atoms with E-state index in [1.54, 1.807) is 0 Å². The molecule has 0 unspecified atom stereocenters. The first kappa shape index (κ1) is 17.6. The molecule has 2 aromatic carbocycles. The molecule has 0 saturated heterocycles. The van der Waals surface area contributed by atoms with E-state index in [4.69, 9.17) is 0 Å². The van der Waals surface area contributed by atoms with E-state index in [2.05, 4.69) is 102 Å². The summed E-state index contributed by atoms with van der Waals surface area (Å²) in [5.41, 5.74) is 10.4. The fourth-order valence-electron chi connectivity index (χ4n) is 4.44. The zero-order valence-corrected chi connectivity index (χ0v) is 16.9. The maximum Gasteiger partial charge on any atom is 0.116 e. The van der Waals surface area contributed by atoms with Crippen LogP contribution in [0, 0.1) is 27.7 Å². The summed E-state index contributed by atoms with van der Waals surface area (Å²) in [6.07, 6.45) is 0. The molecule has 1 heterocycles. The summed E-state index contributed by atoms with van der Waals surface area (Å²) in [5.74, 6) is 0.